The quantitative estimate of drug-likeness (QED) is 0.201. The highest BCUT2D eigenvalue weighted by Gasteiger charge is 2.23. The van der Waals surface area contributed by atoms with E-state index in [9.17, 15) is 0 Å². The molecule has 2 aliphatic heterocycles. The molecule has 3 rings (SSSR count). The third-order valence-electron chi connectivity index (χ3n) is 5.53. The fourth-order valence-electron chi connectivity index (χ4n) is 3.76. The van der Waals surface area contributed by atoms with Crippen LogP contribution in [0.25, 0.3) is 0 Å². The second kappa shape index (κ2) is 14.8. The van der Waals surface area contributed by atoms with E-state index in [-0.39, 0.29) is 36.1 Å². The molecule has 31 heavy (non-hydrogen) atoms. The minimum absolute atomic E-state index is 0. The monoisotopic (exact) mass is 548 g/mol. The van der Waals surface area contributed by atoms with E-state index in [4.69, 9.17) is 18.9 Å². The van der Waals surface area contributed by atoms with Crippen LogP contribution >= 0.6 is 24.0 Å². The molecule has 0 bridgehead atoms. The number of nitrogens with one attached hydrogen (secondary N) is 2. The van der Waals surface area contributed by atoms with Gasteiger partial charge in [-0.05, 0) is 30.5 Å². The van der Waals surface area contributed by atoms with E-state index in [1.807, 2.05) is 12.1 Å². The molecule has 2 heterocycles. The van der Waals surface area contributed by atoms with Gasteiger partial charge in [0.05, 0.1) is 39.1 Å². The van der Waals surface area contributed by atoms with E-state index < -0.39 is 0 Å². The van der Waals surface area contributed by atoms with Crippen LogP contribution in [0.5, 0.6) is 5.75 Å². The zero-order valence-corrected chi connectivity index (χ0v) is 21.0. The van der Waals surface area contributed by atoms with Gasteiger partial charge >= 0.3 is 0 Å². The molecule has 2 unspecified atom stereocenters. The van der Waals surface area contributed by atoms with Crippen molar-refractivity contribution in [2.45, 2.75) is 25.0 Å². The maximum Gasteiger partial charge on any atom is 0.191 e. The highest BCUT2D eigenvalue weighted by Crippen LogP contribution is 2.23. The molecular weight excluding hydrogens is 511 g/mol. The van der Waals surface area contributed by atoms with Crippen molar-refractivity contribution >= 4 is 29.9 Å². The van der Waals surface area contributed by atoms with Gasteiger partial charge < -0.3 is 29.6 Å². The summed E-state index contributed by atoms with van der Waals surface area (Å²) in [5.74, 6) is 1.68. The summed E-state index contributed by atoms with van der Waals surface area (Å²) >= 11 is 0. The van der Waals surface area contributed by atoms with Crippen molar-refractivity contribution in [3.63, 3.8) is 0 Å². The highest BCUT2D eigenvalue weighted by atomic mass is 127. The summed E-state index contributed by atoms with van der Waals surface area (Å²) in [6.07, 6.45) is 2.20. The molecule has 9 heteroatoms. The first kappa shape index (κ1) is 26.1. The fraction of sp³-hybridized carbons (Fsp3) is 0.682. The summed E-state index contributed by atoms with van der Waals surface area (Å²) in [6, 6.07) is 8.56. The Morgan fingerprint density at radius 1 is 1.16 bits per heavy atom. The Labute approximate surface area is 203 Å². The first-order valence-corrected chi connectivity index (χ1v) is 10.9. The third kappa shape index (κ3) is 8.72. The second-order valence-corrected chi connectivity index (χ2v) is 7.53. The zero-order valence-electron chi connectivity index (χ0n) is 18.7. The average molecular weight is 548 g/mol. The Hall–Kier alpha value is -1.14. The molecule has 1 aromatic carbocycles. The molecular formula is C22H37IN4O4. The molecule has 0 aliphatic carbocycles. The molecule has 0 saturated carbocycles. The molecule has 0 radical (unpaired) electrons. The third-order valence-corrected chi connectivity index (χ3v) is 5.53. The van der Waals surface area contributed by atoms with Crippen LogP contribution in [-0.2, 0) is 14.2 Å². The highest BCUT2D eigenvalue weighted by molar-refractivity contribution is 14.0. The lowest BCUT2D eigenvalue weighted by molar-refractivity contribution is 0.0170. The van der Waals surface area contributed by atoms with Crippen LogP contribution in [-0.4, -0.2) is 90.3 Å². The van der Waals surface area contributed by atoms with Crippen molar-refractivity contribution < 1.29 is 18.9 Å². The van der Waals surface area contributed by atoms with Gasteiger partial charge in [-0.3, -0.25) is 9.89 Å². The minimum atomic E-state index is 0. The summed E-state index contributed by atoms with van der Waals surface area (Å²) in [5.41, 5.74) is 1.26. The number of hydrogen-bond donors (Lipinski definition) is 2. The number of hydrogen-bond acceptors (Lipinski definition) is 6. The van der Waals surface area contributed by atoms with Gasteiger partial charge in [0, 0.05) is 46.4 Å². The smallest absolute Gasteiger partial charge is 0.191 e. The minimum Gasteiger partial charge on any atom is -0.497 e. The van der Waals surface area contributed by atoms with Crippen molar-refractivity contribution in [2.24, 2.45) is 4.99 Å². The zero-order chi connectivity index (χ0) is 21.0. The lowest BCUT2D eigenvalue weighted by Crippen LogP contribution is -2.46. The van der Waals surface area contributed by atoms with Crippen LogP contribution in [0.2, 0.25) is 0 Å². The van der Waals surface area contributed by atoms with Gasteiger partial charge in [-0.2, -0.15) is 0 Å². The predicted molar refractivity (Wildman–Crippen MR) is 133 cm³/mol. The molecule has 2 saturated heterocycles. The summed E-state index contributed by atoms with van der Waals surface area (Å²) in [6.45, 7) is 7.25. The number of ether oxygens (including phenoxy) is 4. The maximum atomic E-state index is 5.82. The van der Waals surface area contributed by atoms with Gasteiger partial charge in [-0.25, -0.2) is 0 Å². The normalized spacial score (nSPS) is 20.7. The predicted octanol–water partition coefficient (Wildman–Crippen LogP) is 2.05. The number of morpholine rings is 1. The fourth-order valence-corrected chi connectivity index (χ4v) is 3.76. The Kier molecular flexibility index (Phi) is 12.5. The number of methoxy groups -OCH3 is 1. The van der Waals surface area contributed by atoms with Crippen molar-refractivity contribution in [1.29, 1.82) is 0 Å². The van der Waals surface area contributed by atoms with Crippen molar-refractivity contribution in [3.05, 3.63) is 29.8 Å². The molecule has 2 fully saturated rings. The van der Waals surface area contributed by atoms with Crippen LogP contribution < -0.4 is 15.4 Å². The van der Waals surface area contributed by atoms with E-state index in [0.717, 1.165) is 83.8 Å². The Balaban J connectivity index is 0.00000341. The summed E-state index contributed by atoms with van der Waals surface area (Å²) < 4.78 is 22.0. The van der Waals surface area contributed by atoms with Gasteiger partial charge in [0.1, 0.15) is 5.75 Å². The first-order valence-electron chi connectivity index (χ1n) is 10.9. The van der Waals surface area contributed by atoms with Crippen molar-refractivity contribution in [3.8, 4) is 5.75 Å². The van der Waals surface area contributed by atoms with Crippen LogP contribution in [0.4, 0.5) is 0 Å². The number of benzene rings is 1. The van der Waals surface area contributed by atoms with Gasteiger partial charge in [-0.15, -0.1) is 24.0 Å². The van der Waals surface area contributed by atoms with Crippen molar-refractivity contribution in [1.82, 2.24) is 15.5 Å². The molecule has 0 amide bonds. The average Bonchev–Trinajstić information content (AvgIpc) is 3.32. The number of guanidine groups is 1. The number of aliphatic imine (C=N–C) groups is 1. The van der Waals surface area contributed by atoms with Gasteiger partial charge in [0.15, 0.2) is 5.96 Å². The van der Waals surface area contributed by atoms with Crippen LogP contribution in [0.3, 0.4) is 0 Å². The van der Waals surface area contributed by atoms with E-state index in [2.05, 4.69) is 32.7 Å². The SMILES string of the molecule is CN=C(NCCCOC1CCOC1)NCC(c1ccc(OC)cc1)N1CCOCC1.I. The number of rotatable bonds is 10. The van der Waals surface area contributed by atoms with Gasteiger partial charge in [-0.1, -0.05) is 12.1 Å². The van der Waals surface area contributed by atoms with E-state index >= 15 is 0 Å². The Bertz CT molecular complexity index is 635. The summed E-state index contributed by atoms with van der Waals surface area (Å²) in [7, 11) is 3.50. The molecule has 2 N–H and O–H groups in total. The topological polar surface area (TPSA) is 76.6 Å². The van der Waals surface area contributed by atoms with Crippen LogP contribution in [0.1, 0.15) is 24.4 Å². The molecule has 0 aromatic heterocycles. The molecule has 1 aromatic rings. The number of halogens is 1. The largest absolute Gasteiger partial charge is 0.497 e. The Morgan fingerprint density at radius 2 is 1.94 bits per heavy atom. The van der Waals surface area contributed by atoms with Crippen molar-refractivity contribution in [2.75, 3.05) is 73.4 Å². The second-order valence-electron chi connectivity index (χ2n) is 7.53. The summed E-state index contributed by atoms with van der Waals surface area (Å²) in [4.78, 5) is 6.83. The van der Waals surface area contributed by atoms with Gasteiger partial charge in [0.25, 0.3) is 0 Å². The number of nitrogens with zero attached hydrogens (tertiary/aromatic N) is 2. The van der Waals surface area contributed by atoms with Crippen LogP contribution in [0, 0.1) is 0 Å². The van der Waals surface area contributed by atoms with E-state index in [1.165, 1.54) is 5.56 Å². The van der Waals surface area contributed by atoms with Gasteiger partial charge in [0.2, 0.25) is 0 Å². The molecule has 0 spiro atoms. The molecule has 176 valence electrons. The molecule has 2 aliphatic rings. The Morgan fingerprint density at radius 3 is 2.58 bits per heavy atom. The molecule has 2 atom stereocenters. The first-order chi connectivity index (χ1) is 14.8. The van der Waals surface area contributed by atoms with Crippen LogP contribution in [0.15, 0.2) is 29.3 Å². The summed E-state index contributed by atoms with van der Waals surface area (Å²) in [5, 5.41) is 6.88. The lowest BCUT2D eigenvalue weighted by atomic mass is 10.0. The molecule has 8 nitrogen and oxygen atoms in total. The van der Waals surface area contributed by atoms with E-state index in [1.54, 1.807) is 14.2 Å². The van der Waals surface area contributed by atoms with E-state index in [0.29, 0.717) is 0 Å². The standard InChI is InChI=1S/C22H36N4O4.HI/c1-23-22(24-9-3-12-30-20-8-13-29-17-20)25-16-21(26-10-14-28-15-11-26)18-4-6-19(27-2)7-5-18;/h4-7,20-21H,3,8-17H2,1-2H3,(H2,23,24,25);1H. The lowest BCUT2D eigenvalue weighted by Gasteiger charge is -2.35. The maximum absolute atomic E-state index is 5.82.